The highest BCUT2D eigenvalue weighted by molar-refractivity contribution is 6.06. The van der Waals surface area contributed by atoms with Gasteiger partial charge in [-0.15, -0.1) is 0 Å². The van der Waals surface area contributed by atoms with Crippen molar-refractivity contribution in [3.8, 4) is 0 Å². The molecule has 0 spiro atoms. The molecule has 0 fully saturated rings. The molecule has 106 valence electrons. The topological polar surface area (TPSA) is 84.9 Å². The Morgan fingerprint density at radius 3 is 2.47 bits per heavy atom. The molecule has 1 rings (SSSR count). The second-order valence-electron chi connectivity index (χ2n) is 3.89. The molecule has 1 heterocycles. The first-order valence-corrected chi connectivity index (χ1v) is 6.06. The first-order valence-electron chi connectivity index (χ1n) is 6.06. The Morgan fingerprint density at radius 2 is 1.89 bits per heavy atom. The van der Waals surface area contributed by atoms with Gasteiger partial charge in [0.2, 0.25) is 0 Å². The van der Waals surface area contributed by atoms with Gasteiger partial charge in [0.05, 0.1) is 25.3 Å². The van der Waals surface area contributed by atoms with Gasteiger partial charge in [-0.05, 0) is 13.8 Å². The number of rotatable bonds is 6. The highest BCUT2D eigenvalue weighted by atomic mass is 16.5. The molecule has 0 bridgehead atoms. The maximum atomic E-state index is 11.8. The molecule has 1 amide bonds. The van der Waals surface area contributed by atoms with Crippen LogP contribution in [0.4, 0.5) is 0 Å². The minimum Gasteiger partial charge on any atom is -0.465 e. The van der Waals surface area contributed by atoms with Crippen LogP contribution in [0.2, 0.25) is 0 Å². The zero-order chi connectivity index (χ0) is 14.4. The predicted molar refractivity (Wildman–Crippen MR) is 65.9 cm³/mol. The van der Waals surface area contributed by atoms with Crippen molar-refractivity contribution in [3.63, 3.8) is 0 Å². The van der Waals surface area contributed by atoms with Crippen LogP contribution in [0.25, 0.3) is 0 Å². The number of esters is 2. The van der Waals surface area contributed by atoms with Crippen molar-refractivity contribution in [1.82, 2.24) is 10.2 Å². The zero-order valence-electron chi connectivity index (χ0n) is 11.3. The summed E-state index contributed by atoms with van der Waals surface area (Å²) in [7, 11) is 1.57. The lowest BCUT2D eigenvalue weighted by molar-refractivity contribution is -0.142. The van der Waals surface area contributed by atoms with Gasteiger partial charge in [-0.3, -0.25) is 9.59 Å². The number of likely N-dealkylation sites (N-methyl/N-ethyl adjacent to an activating group) is 1. The average molecular weight is 270 g/mol. The quantitative estimate of drug-likeness (QED) is 0.651. The van der Waals surface area contributed by atoms with Crippen LogP contribution < -0.4 is 5.32 Å². The molecule has 0 aromatic rings. The summed E-state index contributed by atoms with van der Waals surface area (Å²) in [6.07, 6.45) is 0. The summed E-state index contributed by atoms with van der Waals surface area (Å²) in [5.74, 6) is -1.38. The summed E-state index contributed by atoms with van der Waals surface area (Å²) in [6.45, 7) is 3.87. The Hall–Kier alpha value is -2.05. The van der Waals surface area contributed by atoms with Gasteiger partial charge in [0.15, 0.2) is 0 Å². The fourth-order valence-electron chi connectivity index (χ4n) is 1.65. The molecule has 0 aromatic heterocycles. The summed E-state index contributed by atoms with van der Waals surface area (Å²) in [4.78, 5) is 36.2. The van der Waals surface area contributed by atoms with E-state index in [1.165, 1.54) is 4.90 Å². The molecule has 0 atom stereocenters. The molecule has 7 heteroatoms. The van der Waals surface area contributed by atoms with Crippen molar-refractivity contribution < 1.29 is 23.9 Å². The summed E-state index contributed by atoms with van der Waals surface area (Å²) in [6, 6.07) is 0. The third kappa shape index (κ3) is 3.70. The van der Waals surface area contributed by atoms with Gasteiger partial charge in [-0.2, -0.15) is 0 Å². The second-order valence-corrected chi connectivity index (χ2v) is 3.89. The first kappa shape index (κ1) is 15.0. The van der Waals surface area contributed by atoms with Crippen LogP contribution in [0.1, 0.15) is 13.8 Å². The molecular formula is C12H18N2O5. The molecule has 7 nitrogen and oxygen atoms in total. The van der Waals surface area contributed by atoms with E-state index < -0.39 is 11.9 Å². The van der Waals surface area contributed by atoms with Crippen LogP contribution >= 0.6 is 0 Å². The minimum absolute atomic E-state index is 0.106. The molecule has 1 aliphatic rings. The van der Waals surface area contributed by atoms with Crippen LogP contribution in [0.5, 0.6) is 0 Å². The lowest BCUT2D eigenvalue weighted by atomic mass is 10.2. The van der Waals surface area contributed by atoms with Gasteiger partial charge in [0, 0.05) is 7.05 Å². The maximum Gasteiger partial charge on any atom is 0.338 e. The molecular weight excluding hydrogens is 252 g/mol. The second kappa shape index (κ2) is 6.77. The van der Waals surface area contributed by atoms with E-state index in [9.17, 15) is 14.4 Å². The number of hydrogen-bond acceptors (Lipinski definition) is 6. The SMILES string of the molecule is CCOC(=O)CNC1=C(C(=O)OCC)CN(C)C1=O. The summed E-state index contributed by atoms with van der Waals surface area (Å²) < 4.78 is 9.62. The summed E-state index contributed by atoms with van der Waals surface area (Å²) >= 11 is 0. The summed E-state index contributed by atoms with van der Waals surface area (Å²) in [5, 5.41) is 2.65. The Labute approximate surface area is 111 Å². The van der Waals surface area contributed by atoms with Crippen LogP contribution in [0.3, 0.4) is 0 Å². The largest absolute Gasteiger partial charge is 0.465 e. The van der Waals surface area contributed by atoms with E-state index in [0.717, 1.165) is 0 Å². The highest BCUT2D eigenvalue weighted by Crippen LogP contribution is 2.16. The number of ether oxygens (including phenoxy) is 2. The van der Waals surface area contributed by atoms with Crippen molar-refractivity contribution in [1.29, 1.82) is 0 Å². The number of amides is 1. The van der Waals surface area contributed by atoms with Gasteiger partial charge in [0.25, 0.3) is 5.91 Å². The molecule has 0 saturated heterocycles. The molecule has 0 aromatic carbocycles. The zero-order valence-corrected chi connectivity index (χ0v) is 11.3. The fraction of sp³-hybridized carbons (Fsp3) is 0.583. The number of nitrogens with one attached hydrogen (secondary N) is 1. The van der Waals surface area contributed by atoms with Gasteiger partial charge >= 0.3 is 11.9 Å². The standard InChI is InChI=1S/C12H18N2O5/c1-4-18-9(15)6-13-10-8(12(17)19-5-2)7-14(3)11(10)16/h13H,4-7H2,1-3H3. The Bertz CT molecular complexity index is 416. The van der Waals surface area contributed by atoms with Crippen molar-refractivity contribution in [2.45, 2.75) is 13.8 Å². The van der Waals surface area contributed by atoms with E-state index in [4.69, 9.17) is 9.47 Å². The number of carbonyl (C=O) groups excluding carboxylic acids is 3. The first-order chi connectivity index (χ1) is 9.01. The van der Waals surface area contributed by atoms with Gasteiger partial charge in [0.1, 0.15) is 12.2 Å². The fourth-order valence-corrected chi connectivity index (χ4v) is 1.65. The third-order valence-electron chi connectivity index (χ3n) is 2.49. The maximum absolute atomic E-state index is 11.8. The van der Waals surface area contributed by atoms with Crippen LogP contribution in [-0.2, 0) is 23.9 Å². The Balaban J connectivity index is 2.77. The van der Waals surface area contributed by atoms with E-state index in [1.54, 1.807) is 20.9 Å². The molecule has 0 saturated carbocycles. The monoisotopic (exact) mass is 270 g/mol. The third-order valence-corrected chi connectivity index (χ3v) is 2.49. The number of nitrogens with zero attached hydrogens (tertiary/aromatic N) is 1. The van der Waals surface area contributed by atoms with E-state index in [0.29, 0.717) is 0 Å². The Kier molecular flexibility index (Phi) is 5.35. The summed E-state index contributed by atoms with van der Waals surface area (Å²) in [5.41, 5.74) is 0.340. The van der Waals surface area contributed by atoms with Crippen LogP contribution in [0, 0.1) is 0 Å². The van der Waals surface area contributed by atoms with Crippen molar-refractivity contribution in [2.24, 2.45) is 0 Å². The molecule has 0 unspecified atom stereocenters. The minimum atomic E-state index is -0.549. The molecule has 0 radical (unpaired) electrons. The van der Waals surface area contributed by atoms with Crippen molar-refractivity contribution in [2.75, 3.05) is 33.4 Å². The smallest absolute Gasteiger partial charge is 0.338 e. The van der Waals surface area contributed by atoms with Gasteiger partial charge in [-0.25, -0.2) is 4.79 Å². The van der Waals surface area contributed by atoms with E-state index >= 15 is 0 Å². The highest BCUT2D eigenvalue weighted by Gasteiger charge is 2.32. The van der Waals surface area contributed by atoms with Gasteiger partial charge < -0.3 is 19.7 Å². The normalized spacial score (nSPS) is 14.7. The van der Waals surface area contributed by atoms with Crippen LogP contribution in [0.15, 0.2) is 11.3 Å². The van der Waals surface area contributed by atoms with Crippen molar-refractivity contribution in [3.05, 3.63) is 11.3 Å². The van der Waals surface area contributed by atoms with Crippen molar-refractivity contribution >= 4 is 17.8 Å². The van der Waals surface area contributed by atoms with E-state index in [2.05, 4.69) is 5.32 Å². The molecule has 1 N–H and O–H groups in total. The lowest BCUT2D eigenvalue weighted by Crippen LogP contribution is -2.31. The molecule has 1 aliphatic heterocycles. The van der Waals surface area contributed by atoms with Gasteiger partial charge in [-0.1, -0.05) is 0 Å². The van der Waals surface area contributed by atoms with E-state index in [1.807, 2.05) is 0 Å². The average Bonchev–Trinajstić information content (AvgIpc) is 2.64. The van der Waals surface area contributed by atoms with Crippen LogP contribution in [-0.4, -0.2) is 56.1 Å². The number of hydrogen-bond donors (Lipinski definition) is 1. The predicted octanol–water partition coefficient (Wildman–Crippen LogP) is -0.572. The lowest BCUT2D eigenvalue weighted by Gasteiger charge is -2.09. The Morgan fingerprint density at radius 1 is 1.26 bits per heavy atom. The molecule has 19 heavy (non-hydrogen) atoms. The van der Waals surface area contributed by atoms with E-state index in [-0.39, 0.29) is 43.5 Å². The number of carbonyl (C=O) groups is 3. The molecule has 0 aliphatic carbocycles.